The van der Waals surface area contributed by atoms with Crippen LogP contribution in [0.1, 0.15) is 48.4 Å². The van der Waals surface area contributed by atoms with E-state index in [-0.39, 0.29) is 11.6 Å². The Morgan fingerprint density at radius 3 is 2.63 bits per heavy atom. The highest BCUT2D eigenvalue weighted by Crippen LogP contribution is 2.28. The van der Waals surface area contributed by atoms with E-state index in [9.17, 15) is 23.5 Å². The van der Waals surface area contributed by atoms with E-state index in [1.165, 1.54) is 10.7 Å². The monoisotopic (exact) mass is 377 g/mol. The van der Waals surface area contributed by atoms with E-state index in [1.54, 1.807) is 0 Å². The third-order valence-corrected chi connectivity index (χ3v) is 4.60. The Balaban J connectivity index is 1.94. The fourth-order valence-corrected chi connectivity index (χ4v) is 3.37. The van der Waals surface area contributed by atoms with Crippen LogP contribution in [0.25, 0.3) is 5.69 Å². The minimum absolute atomic E-state index is 0.0943. The van der Waals surface area contributed by atoms with Crippen molar-refractivity contribution in [1.29, 1.82) is 0 Å². The Hall–Kier alpha value is -2.77. The summed E-state index contributed by atoms with van der Waals surface area (Å²) in [4.78, 5) is 24.1. The summed E-state index contributed by atoms with van der Waals surface area (Å²) in [6.45, 7) is 3.75. The molecular weight excluding hydrogens is 356 g/mol. The maximum absolute atomic E-state index is 13.6. The molecule has 1 aromatic heterocycles. The number of hydrogen-bond acceptors (Lipinski definition) is 3. The van der Waals surface area contributed by atoms with E-state index in [0.717, 1.165) is 29.8 Å². The number of aliphatic carboxylic acids is 1. The first-order valence-electron chi connectivity index (χ1n) is 8.87. The van der Waals surface area contributed by atoms with E-state index in [1.807, 2.05) is 13.8 Å². The number of fused-ring (bicyclic) bond motifs is 1. The van der Waals surface area contributed by atoms with Crippen molar-refractivity contribution in [2.45, 2.75) is 45.6 Å². The Morgan fingerprint density at radius 1 is 1.26 bits per heavy atom. The SMILES string of the molecule is CC(C)C[C@@H](NC(=O)c1nn(-c2ccc(F)c(F)c2)c2c1CCC2)C(=O)O. The first-order chi connectivity index (χ1) is 12.8. The minimum Gasteiger partial charge on any atom is -0.480 e. The molecule has 1 amide bonds. The number of carboxylic acids is 1. The lowest BCUT2D eigenvalue weighted by Gasteiger charge is -2.16. The van der Waals surface area contributed by atoms with Gasteiger partial charge in [0.25, 0.3) is 5.91 Å². The van der Waals surface area contributed by atoms with E-state index < -0.39 is 29.6 Å². The second-order valence-electron chi connectivity index (χ2n) is 7.13. The van der Waals surface area contributed by atoms with Gasteiger partial charge in [0, 0.05) is 17.3 Å². The molecule has 144 valence electrons. The highest BCUT2D eigenvalue weighted by molar-refractivity contribution is 5.96. The number of nitrogens with zero attached hydrogens (tertiary/aromatic N) is 2. The van der Waals surface area contributed by atoms with Gasteiger partial charge in [0.2, 0.25) is 0 Å². The van der Waals surface area contributed by atoms with Crippen LogP contribution in [-0.4, -0.2) is 32.8 Å². The molecule has 1 aromatic carbocycles. The summed E-state index contributed by atoms with van der Waals surface area (Å²) in [6, 6.07) is 2.42. The molecule has 0 spiro atoms. The molecule has 6 nitrogen and oxygen atoms in total. The van der Waals surface area contributed by atoms with Crippen LogP contribution in [-0.2, 0) is 17.6 Å². The number of amides is 1. The quantitative estimate of drug-likeness (QED) is 0.811. The van der Waals surface area contributed by atoms with Gasteiger partial charge in [-0.2, -0.15) is 5.10 Å². The second-order valence-corrected chi connectivity index (χ2v) is 7.13. The number of halogens is 2. The van der Waals surface area contributed by atoms with Crippen LogP contribution in [0, 0.1) is 17.6 Å². The first-order valence-corrected chi connectivity index (χ1v) is 8.87. The number of benzene rings is 1. The Labute approximate surface area is 155 Å². The van der Waals surface area contributed by atoms with Gasteiger partial charge in [-0.15, -0.1) is 0 Å². The molecule has 1 atom stereocenters. The van der Waals surface area contributed by atoms with Gasteiger partial charge in [-0.05, 0) is 43.7 Å². The van der Waals surface area contributed by atoms with Crippen molar-refractivity contribution in [3.63, 3.8) is 0 Å². The maximum Gasteiger partial charge on any atom is 0.326 e. The van der Waals surface area contributed by atoms with Gasteiger partial charge in [-0.25, -0.2) is 18.3 Å². The highest BCUT2D eigenvalue weighted by atomic mass is 19.2. The molecule has 0 bridgehead atoms. The minimum atomic E-state index is -1.10. The standard InChI is InChI=1S/C19H21F2N3O3/c1-10(2)8-15(19(26)27)22-18(25)17-12-4-3-5-16(12)24(23-17)11-6-7-13(20)14(21)9-11/h6-7,9-10,15H,3-5,8H2,1-2H3,(H,22,25)(H,26,27)/t15-/m1/s1. The van der Waals surface area contributed by atoms with Gasteiger partial charge in [0.05, 0.1) is 5.69 Å². The molecule has 1 aliphatic carbocycles. The molecule has 0 radical (unpaired) electrons. The molecule has 1 aliphatic rings. The van der Waals surface area contributed by atoms with Crippen LogP contribution in [0.4, 0.5) is 8.78 Å². The average Bonchev–Trinajstić information content (AvgIpc) is 3.18. The fourth-order valence-electron chi connectivity index (χ4n) is 3.37. The Kier molecular flexibility index (Phi) is 5.25. The van der Waals surface area contributed by atoms with E-state index in [2.05, 4.69) is 10.4 Å². The summed E-state index contributed by atoms with van der Waals surface area (Å²) in [5.41, 5.74) is 1.96. The smallest absolute Gasteiger partial charge is 0.326 e. The first kappa shape index (κ1) is 19.0. The summed E-state index contributed by atoms with van der Waals surface area (Å²) >= 11 is 0. The zero-order chi connectivity index (χ0) is 19.7. The molecule has 2 aromatic rings. The third-order valence-electron chi connectivity index (χ3n) is 4.60. The van der Waals surface area contributed by atoms with Crippen LogP contribution in [0.3, 0.4) is 0 Å². The third kappa shape index (κ3) is 3.84. The van der Waals surface area contributed by atoms with Gasteiger partial charge in [-0.1, -0.05) is 13.8 Å². The molecule has 2 N–H and O–H groups in total. The summed E-state index contributed by atoms with van der Waals surface area (Å²) < 4.78 is 28.3. The van der Waals surface area contributed by atoms with Gasteiger partial charge in [0.15, 0.2) is 17.3 Å². The van der Waals surface area contributed by atoms with Crippen LogP contribution in [0.5, 0.6) is 0 Å². The van der Waals surface area contributed by atoms with E-state index >= 15 is 0 Å². The number of carbonyl (C=O) groups is 2. The second kappa shape index (κ2) is 7.46. The number of carbonyl (C=O) groups excluding carboxylic acids is 1. The molecule has 8 heteroatoms. The molecule has 3 rings (SSSR count). The molecule has 0 aliphatic heterocycles. The van der Waals surface area contributed by atoms with Crippen LogP contribution >= 0.6 is 0 Å². The molecule has 27 heavy (non-hydrogen) atoms. The Bertz CT molecular complexity index is 893. The molecule has 0 saturated heterocycles. The fraction of sp³-hybridized carbons (Fsp3) is 0.421. The number of rotatable bonds is 6. The number of hydrogen-bond donors (Lipinski definition) is 2. The zero-order valence-electron chi connectivity index (χ0n) is 15.1. The van der Waals surface area contributed by atoms with Crippen molar-refractivity contribution in [3.05, 3.63) is 46.8 Å². The lowest BCUT2D eigenvalue weighted by atomic mass is 10.0. The summed E-state index contributed by atoms with van der Waals surface area (Å²) in [7, 11) is 0. The van der Waals surface area contributed by atoms with Gasteiger partial charge < -0.3 is 10.4 Å². The van der Waals surface area contributed by atoms with Crippen molar-refractivity contribution in [2.75, 3.05) is 0 Å². The maximum atomic E-state index is 13.6. The lowest BCUT2D eigenvalue weighted by Crippen LogP contribution is -2.42. The van der Waals surface area contributed by atoms with Crippen LogP contribution in [0.2, 0.25) is 0 Å². The largest absolute Gasteiger partial charge is 0.480 e. The van der Waals surface area contributed by atoms with Gasteiger partial charge in [-0.3, -0.25) is 4.79 Å². The molecule has 0 fully saturated rings. The van der Waals surface area contributed by atoms with Crippen molar-refractivity contribution in [3.8, 4) is 5.69 Å². The zero-order valence-corrected chi connectivity index (χ0v) is 15.1. The van der Waals surface area contributed by atoms with E-state index in [0.29, 0.717) is 24.9 Å². The van der Waals surface area contributed by atoms with Gasteiger partial charge in [0.1, 0.15) is 6.04 Å². The van der Waals surface area contributed by atoms with Gasteiger partial charge >= 0.3 is 5.97 Å². The van der Waals surface area contributed by atoms with Crippen molar-refractivity contribution in [1.82, 2.24) is 15.1 Å². The van der Waals surface area contributed by atoms with E-state index in [4.69, 9.17) is 0 Å². The molecule has 0 unspecified atom stereocenters. The normalized spacial score (nSPS) is 14.3. The number of nitrogens with one attached hydrogen (secondary N) is 1. The van der Waals surface area contributed by atoms with Crippen LogP contribution < -0.4 is 5.32 Å². The molecular formula is C19H21F2N3O3. The topological polar surface area (TPSA) is 84.2 Å². The predicted molar refractivity (Wildman–Crippen MR) is 93.9 cm³/mol. The molecule has 1 heterocycles. The molecule has 0 saturated carbocycles. The van der Waals surface area contributed by atoms with Crippen LogP contribution in [0.15, 0.2) is 18.2 Å². The summed E-state index contributed by atoms with van der Waals surface area (Å²) in [5.74, 6) is -3.53. The van der Waals surface area contributed by atoms with Crippen molar-refractivity contribution in [2.24, 2.45) is 5.92 Å². The Morgan fingerprint density at radius 2 is 2.00 bits per heavy atom. The highest BCUT2D eigenvalue weighted by Gasteiger charge is 2.30. The summed E-state index contributed by atoms with van der Waals surface area (Å²) in [6.07, 6.45) is 2.39. The number of carboxylic acid groups (broad SMARTS) is 1. The van der Waals surface area contributed by atoms with Crippen molar-refractivity contribution >= 4 is 11.9 Å². The van der Waals surface area contributed by atoms with Crippen molar-refractivity contribution < 1.29 is 23.5 Å². The predicted octanol–water partition coefficient (Wildman–Crippen LogP) is 2.87. The number of aromatic nitrogens is 2. The summed E-state index contributed by atoms with van der Waals surface area (Å²) in [5, 5.41) is 16.2. The lowest BCUT2D eigenvalue weighted by molar-refractivity contribution is -0.139. The average molecular weight is 377 g/mol.